The first-order chi connectivity index (χ1) is 4.77. The second-order valence-corrected chi connectivity index (χ2v) is 1.98. The minimum atomic E-state index is 0. The quantitative estimate of drug-likeness (QED) is 0.619. The lowest BCUT2D eigenvalue weighted by Crippen LogP contribution is -1.96. The Labute approximate surface area is 71.0 Å². The summed E-state index contributed by atoms with van der Waals surface area (Å²) < 4.78 is 1.48. The molecular weight excluding hydrogens is 166 g/mol. The number of hydrogen-bond donors (Lipinski definition) is 0. The summed E-state index contributed by atoms with van der Waals surface area (Å²) in [5.41, 5.74) is 0. The van der Waals surface area contributed by atoms with E-state index < -0.39 is 0 Å². The first kappa shape index (κ1) is 10.1. The number of nitrogens with zero attached hydrogens (tertiary/aromatic N) is 3. The van der Waals surface area contributed by atoms with Crippen LogP contribution in [-0.4, -0.2) is 21.1 Å². The molecule has 0 fully saturated rings. The van der Waals surface area contributed by atoms with E-state index in [4.69, 9.17) is 0 Å². The number of hydrogen-bond acceptors (Lipinski definition) is 3. The number of carbonyl (C=O) groups is 1. The van der Waals surface area contributed by atoms with Gasteiger partial charge >= 0.3 is 0 Å². The van der Waals surface area contributed by atoms with Crippen molar-refractivity contribution in [3.8, 4) is 0 Å². The Morgan fingerprint density at radius 1 is 1.64 bits per heavy atom. The molecule has 0 N–H and O–H groups in total. The third kappa shape index (κ3) is 2.01. The second-order valence-electron chi connectivity index (χ2n) is 1.98. The number of aryl methyl sites for hydroxylation is 2. The molecule has 1 heterocycles. The van der Waals surface area contributed by atoms with Gasteiger partial charge in [-0.2, -0.15) is 5.10 Å². The van der Waals surface area contributed by atoms with Crippen molar-refractivity contribution in [2.24, 2.45) is 7.05 Å². The molecule has 0 radical (unpaired) electrons. The van der Waals surface area contributed by atoms with Crippen molar-refractivity contribution in [2.45, 2.75) is 13.3 Å². The van der Waals surface area contributed by atoms with E-state index in [1.165, 1.54) is 4.68 Å². The molecule has 5 heteroatoms. The van der Waals surface area contributed by atoms with Crippen molar-refractivity contribution >= 4 is 18.7 Å². The van der Waals surface area contributed by atoms with Gasteiger partial charge in [-0.3, -0.25) is 4.79 Å². The van der Waals surface area contributed by atoms with Crippen LogP contribution >= 0.6 is 12.4 Å². The van der Waals surface area contributed by atoms with Crippen LogP contribution in [0.1, 0.15) is 23.4 Å². The second kappa shape index (κ2) is 4.08. The fraction of sp³-hybridized carbons (Fsp3) is 0.500. The maximum atomic E-state index is 10.2. The van der Waals surface area contributed by atoms with E-state index in [1.807, 2.05) is 6.92 Å². The predicted octanol–water partition coefficient (Wildman–Crippen LogP) is 0.612. The van der Waals surface area contributed by atoms with E-state index in [-0.39, 0.29) is 12.4 Å². The lowest BCUT2D eigenvalue weighted by molar-refractivity contribution is 0.111. The van der Waals surface area contributed by atoms with Gasteiger partial charge in [0.25, 0.3) is 0 Å². The minimum absolute atomic E-state index is 0. The summed E-state index contributed by atoms with van der Waals surface area (Å²) in [6.45, 7) is 1.95. The normalized spacial score (nSPS) is 8.91. The molecule has 0 spiro atoms. The van der Waals surface area contributed by atoms with Crippen LogP contribution in [0.15, 0.2) is 0 Å². The topological polar surface area (TPSA) is 47.8 Å². The molecular formula is C6H10ClN3O. The SMILES string of the molecule is CCc1nc(C=O)n(C)n1.Cl. The van der Waals surface area contributed by atoms with E-state index in [2.05, 4.69) is 10.1 Å². The highest BCUT2D eigenvalue weighted by atomic mass is 35.5. The molecule has 0 aromatic carbocycles. The molecule has 1 rings (SSSR count). The summed E-state index contributed by atoms with van der Waals surface area (Å²) in [6, 6.07) is 0. The number of aldehydes is 1. The average molecular weight is 176 g/mol. The molecule has 0 unspecified atom stereocenters. The summed E-state index contributed by atoms with van der Waals surface area (Å²) in [4.78, 5) is 14.2. The van der Waals surface area contributed by atoms with Crippen LogP contribution in [-0.2, 0) is 13.5 Å². The molecule has 0 aliphatic rings. The summed E-state index contributed by atoms with van der Waals surface area (Å²) in [6.07, 6.45) is 1.47. The van der Waals surface area contributed by atoms with Crippen molar-refractivity contribution in [1.29, 1.82) is 0 Å². The van der Waals surface area contributed by atoms with Gasteiger partial charge in [-0.05, 0) is 0 Å². The van der Waals surface area contributed by atoms with Gasteiger partial charge in [0.05, 0.1) is 0 Å². The predicted molar refractivity (Wildman–Crippen MR) is 43.0 cm³/mol. The van der Waals surface area contributed by atoms with Gasteiger partial charge in [-0.15, -0.1) is 12.4 Å². The third-order valence-corrected chi connectivity index (χ3v) is 1.26. The lowest BCUT2D eigenvalue weighted by Gasteiger charge is -1.84. The van der Waals surface area contributed by atoms with Crippen molar-refractivity contribution in [1.82, 2.24) is 14.8 Å². The van der Waals surface area contributed by atoms with Gasteiger partial charge in [-0.25, -0.2) is 9.67 Å². The monoisotopic (exact) mass is 175 g/mol. The number of rotatable bonds is 2. The fourth-order valence-corrected chi connectivity index (χ4v) is 0.704. The summed E-state index contributed by atoms with van der Waals surface area (Å²) in [5.74, 6) is 1.10. The molecule has 0 amide bonds. The number of carbonyl (C=O) groups excluding carboxylic acids is 1. The minimum Gasteiger partial charge on any atom is -0.294 e. The van der Waals surface area contributed by atoms with Crippen LogP contribution in [0.2, 0.25) is 0 Å². The Balaban J connectivity index is 0.000001000. The zero-order valence-corrected chi connectivity index (χ0v) is 7.26. The van der Waals surface area contributed by atoms with E-state index >= 15 is 0 Å². The molecule has 0 aliphatic heterocycles. The highest BCUT2D eigenvalue weighted by Crippen LogP contribution is 1.93. The molecule has 11 heavy (non-hydrogen) atoms. The van der Waals surface area contributed by atoms with Crippen molar-refractivity contribution in [3.05, 3.63) is 11.6 Å². The van der Waals surface area contributed by atoms with Crippen LogP contribution in [0.5, 0.6) is 0 Å². The first-order valence-corrected chi connectivity index (χ1v) is 3.13. The van der Waals surface area contributed by atoms with E-state index in [9.17, 15) is 4.79 Å². The Hall–Kier alpha value is -0.900. The zero-order valence-electron chi connectivity index (χ0n) is 6.44. The van der Waals surface area contributed by atoms with E-state index in [0.717, 1.165) is 6.42 Å². The summed E-state index contributed by atoms with van der Waals surface area (Å²) in [7, 11) is 1.70. The molecule has 62 valence electrons. The average Bonchev–Trinajstić information content (AvgIpc) is 2.30. The van der Waals surface area contributed by atoms with Gasteiger partial charge in [0.1, 0.15) is 0 Å². The highest BCUT2D eigenvalue weighted by Gasteiger charge is 2.01. The van der Waals surface area contributed by atoms with Crippen LogP contribution in [0.3, 0.4) is 0 Å². The number of aromatic nitrogens is 3. The Bertz CT molecular complexity index is 246. The molecule has 4 nitrogen and oxygen atoms in total. The standard InChI is InChI=1S/C6H9N3O.ClH/c1-3-5-7-6(4-10)9(2)8-5;/h4H,3H2,1-2H3;1H. The van der Waals surface area contributed by atoms with Crippen LogP contribution < -0.4 is 0 Å². The van der Waals surface area contributed by atoms with Gasteiger partial charge in [0.2, 0.25) is 0 Å². The van der Waals surface area contributed by atoms with Crippen LogP contribution in [0, 0.1) is 0 Å². The van der Waals surface area contributed by atoms with Gasteiger partial charge in [0, 0.05) is 13.5 Å². The fourth-order valence-electron chi connectivity index (χ4n) is 0.704. The summed E-state index contributed by atoms with van der Waals surface area (Å²) in [5, 5.41) is 3.97. The Morgan fingerprint density at radius 3 is 2.55 bits per heavy atom. The van der Waals surface area contributed by atoms with Gasteiger partial charge in [-0.1, -0.05) is 6.92 Å². The number of halogens is 1. The third-order valence-electron chi connectivity index (χ3n) is 1.26. The molecule has 1 aromatic heterocycles. The molecule has 0 aliphatic carbocycles. The van der Waals surface area contributed by atoms with Gasteiger partial charge < -0.3 is 0 Å². The maximum Gasteiger partial charge on any atom is 0.191 e. The zero-order chi connectivity index (χ0) is 7.56. The van der Waals surface area contributed by atoms with E-state index in [1.54, 1.807) is 7.05 Å². The van der Waals surface area contributed by atoms with E-state index in [0.29, 0.717) is 17.9 Å². The largest absolute Gasteiger partial charge is 0.294 e. The van der Waals surface area contributed by atoms with Crippen molar-refractivity contribution in [2.75, 3.05) is 0 Å². The van der Waals surface area contributed by atoms with Crippen molar-refractivity contribution < 1.29 is 4.79 Å². The molecule has 0 bridgehead atoms. The van der Waals surface area contributed by atoms with Gasteiger partial charge in [0.15, 0.2) is 17.9 Å². The molecule has 0 atom stereocenters. The van der Waals surface area contributed by atoms with Crippen molar-refractivity contribution in [3.63, 3.8) is 0 Å². The first-order valence-electron chi connectivity index (χ1n) is 3.13. The Morgan fingerprint density at radius 2 is 2.27 bits per heavy atom. The van der Waals surface area contributed by atoms with Crippen LogP contribution in [0.4, 0.5) is 0 Å². The maximum absolute atomic E-state index is 10.2. The summed E-state index contributed by atoms with van der Waals surface area (Å²) >= 11 is 0. The molecule has 1 aromatic rings. The molecule has 0 saturated carbocycles. The lowest BCUT2D eigenvalue weighted by atomic mass is 10.5. The van der Waals surface area contributed by atoms with Crippen LogP contribution in [0.25, 0.3) is 0 Å². The highest BCUT2D eigenvalue weighted by molar-refractivity contribution is 5.85. The Kier molecular flexibility index (Phi) is 3.74. The molecule has 0 saturated heterocycles. The smallest absolute Gasteiger partial charge is 0.191 e.